The second-order valence-electron chi connectivity index (χ2n) is 2.36. The van der Waals surface area contributed by atoms with E-state index in [1.54, 1.807) is 0 Å². The lowest BCUT2D eigenvalue weighted by molar-refractivity contribution is 0.112. The molecule has 1 rings (SSSR count). The van der Waals surface area contributed by atoms with Crippen LogP contribution in [0.5, 0.6) is 0 Å². The molecule has 0 amide bonds. The molecule has 0 bridgehead atoms. The molecule has 1 aromatic rings. The Labute approximate surface area is 70.2 Å². The first-order valence-corrected chi connectivity index (χ1v) is 3.61. The van der Waals surface area contributed by atoms with Gasteiger partial charge < -0.3 is 0 Å². The molecule has 3 heteroatoms. The summed E-state index contributed by atoms with van der Waals surface area (Å²) in [6, 6.07) is 0. The van der Waals surface area contributed by atoms with Gasteiger partial charge in [0.05, 0.1) is 10.6 Å². The van der Waals surface area contributed by atoms with Gasteiger partial charge in [0.1, 0.15) is 0 Å². The number of pyridine rings is 1. The molecule has 0 fully saturated rings. The van der Waals surface area contributed by atoms with E-state index in [-0.39, 0.29) is 0 Å². The lowest BCUT2D eigenvalue weighted by Gasteiger charge is -2.02. The van der Waals surface area contributed by atoms with Crippen LogP contribution >= 0.6 is 11.6 Å². The van der Waals surface area contributed by atoms with Crippen molar-refractivity contribution in [1.82, 2.24) is 4.98 Å². The van der Waals surface area contributed by atoms with Crippen LogP contribution in [-0.4, -0.2) is 11.3 Å². The third-order valence-electron chi connectivity index (χ3n) is 1.65. The predicted octanol–water partition coefficient (Wildman–Crippen LogP) is 2.16. The number of hydrogen-bond acceptors (Lipinski definition) is 2. The van der Waals surface area contributed by atoms with Crippen molar-refractivity contribution < 1.29 is 4.79 Å². The maximum absolute atomic E-state index is 10.4. The first-order chi connectivity index (χ1) is 5.16. The van der Waals surface area contributed by atoms with Crippen LogP contribution in [0.1, 0.15) is 21.6 Å². The van der Waals surface area contributed by atoms with E-state index in [9.17, 15) is 4.79 Å². The quantitative estimate of drug-likeness (QED) is 0.603. The zero-order valence-electron chi connectivity index (χ0n) is 6.39. The number of halogens is 1. The number of aryl methyl sites for hydroxylation is 1. The largest absolute Gasteiger partial charge is 0.298 e. The van der Waals surface area contributed by atoms with Crippen molar-refractivity contribution >= 4 is 17.9 Å². The molecule has 1 aromatic heterocycles. The molecule has 0 N–H and O–H groups in total. The second-order valence-corrected chi connectivity index (χ2v) is 2.73. The van der Waals surface area contributed by atoms with Gasteiger partial charge in [0, 0.05) is 11.9 Å². The van der Waals surface area contributed by atoms with Crippen LogP contribution in [-0.2, 0) is 0 Å². The molecule has 0 radical (unpaired) electrons. The third kappa shape index (κ3) is 1.40. The maximum atomic E-state index is 10.4. The molecule has 1 heterocycles. The Balaban J connectivity index is 3.36. The van der Waals surface area contributed by atoms with Crippen LogP contribution in [0.15, 0.2) is 6.20 Å². The molecule has 0 aliphatic rings. The van der Waals surface area contributed by atoms with Crippen molar-refractivity contribution in [2.75, 3.05) is 0 Å². The average Bonchev–Trinajstić information content (AvgIpc) is 2.01. The monoisotopic (exact) mass is 169 g/mol. The van der Waals surface area contributed by atoms with Crippen LogP contribution in [0, 0.1) is 13.8 Å². The fraction of sp³-hybridized carbons (Fsp3) is 0.250. The van der Waals surface area contributed by atoms with E-state index >= 15 is 0 Å². The molecular weight excluding hydrogens is 162 g/mol. The Morgan fingerprint density at radius 2 is 2.18 bits per heavy atom. The van der Waals surface area contributed by atoms with Crippen molar-refractivity contribution in [3.63, 3.8) is 0 Å². The molecule has 0 atom stereocenters. The van der Waals surface area contributed by atoms with Gasteiger partial charge in [-0.25, -0.2) is 0 Å². The highest BCUT2D eigenvalue weighted by atomic mass is 35.5. The lowest BCUT2D eigenvalue weighted by atomic mass is 10.2. The number of hydrogen-bond donors (Lipinski definition) is 0. The topological polar surface area (TPSA) is 30.0 Å². The summed E-state index contributed by atoms with van der Waals surface area (Å²) in [5.41, 5.74) is 2.19. The van der Waals surface area contributed by atoms with Gasteiger partial charge in [-0.15, -0.1) is 0 Å². The normalized spacial score (nSPS) is 9.73. The van der Waals surface area contributed by atoms with Gasteiger partial charge in [-0.1, -0.05) is 11.6 Å². The predicted molar refractivity (Wildman–Crippen MR) is 44.1 cm³/mol. The van der Waals surface area contributed by atoms with E-state index in [4.69, 9.17) is 11.6 Å². The molecule has 0 spiro atoms. The number of carbonyl (C=O) groups is 1. The summed E-state index contributed by atoms with van der Waals surface area (Å²) in [6.07, 6.45) is 2.19. The summed E-state index contributed by atoms with van der Waals surface area (Å²) >= 11 is 5.83. The SMILES string of the molecule is Cc1ncc(C=O)c(Cl)c1C. The Kier molecular flexibility index (Phi) is 2.25. The number of aromatic nitrogens is 1. The van der Waals surface area contributed by atoms with Gasteiger partial charge in [0.25, 0.3) is 0 Å². The second kappa shape index (κ2) is 3.01. The van der Waals surface area contributed by atoms with E-state index < -0.39 is 0 Å². The van der Waals surface area contributed by atoms with Crippen molar-refractivity contribution in [3.8, 4) is 0 Å². The molecule has 2 nitrogen and oxygen atoms in total. The third-order valence-corrected chi connectivity index (χ3v) is 2.15. The number of rotatable bonds is 1. The molecule has 11 heavy (non-hydrogen) atoms. The minimum atomic E-state index is 0.453. The first-order valence-electron chi connectivity index (χ1n) is 3.23. The minimum Gasteiger partial charge on any atom is -0.298 e. The van der Waals surface area contributed by atoms with Gasteiger partial charge in [0.2, 0.25) is 0 Å². The fourth-order valence-electron chi connectivity index (χ4n) is 0.777. The van der Waals surface area contributed by atoms with E-state index in [2.05, 4.69) is 4.98 Å². The van der Waals surface area contributed by atoms with Crippen LogP contribution in [0.4, 0.5) is 0 Å². The molecular formula is C8H8ClNO. The highest BCUT2D eigenvalue weighted by Crippen LogP contribution is 2.19. The zero-order chi connectivity index (χ0) is 8.43. The van der Waals surface area contributed by atoms with Gasteiger partial charge in [0.15, 0.2) is 6.29 Å². The van der Waals surface area contributed by atoms with Crippen LogP contribution in [0.3, 0.4) is 0 Å². The molecule has 0 aliphatic heterocycles. The van der Waals surface area contributed by atoms with Gasteiger partial charge in [-0.3, -0.25) is 9.78 Å². The van der Waals surface area contributed by atoms with Crippen molar-refractivity contribution in [2.24, 2.45) is 0 Å². The summed E-state index contributed by atoms with van der Waals surface area (Å²) < 4.78 is 0. The zero-order valence-corrected chi connectivity index (χ0v) is 7.14. The summed E-state index contributed by atoms with van der Waals surface area (Å²) in [7, 11) is 0. The Bertz CT molecular complexity index is 296. The van der Waals surface area contributed by atoms with Crippen molar-refractivity contribution in [2.45, 2.75) is 13.8 Å². The van der Waals surface area contributed by atoms with Gasteiger partial charge in [-0.2, -0.15) is 0 Å². The number of nitrogens with zero attached hydrogens (tertiary/aromatic N) is 1. The molecule has 58 valence electrons. The first kappa shape index (κ1) is 8.21. The summed E-state index contributed by atoms with van der Waals surface area (Å²) in [5, 5.41) is 0.507. The number of carbonyl (C=O) groups excluding carboxylic acids is 1. The highest BCUT2D eigenvalue weighted by Gasteiger charge is 2.04. The van der Waals surface area contributed by atoms with E-state index in [0.29, 0.717) is 16.9 Å². The summed E-state index contributed by atoms with van der Waals surface area (Å²) in [4.78, 5) is 14.4. The van der Waals surface area contributed by atoms with Gasteiger partial charge >= 0.3 is 0 Å². The highest BCUT2D eigenvalue weighted by molar-refractivity contribution is 6.33. The molecule has 0 saturated heterocycles. The maximum Gasteiger partial charge on any atom is 0.153 e. The van der Waals surface area contributed by atoms with E-state index in [1.165, 1.54) is 6.20 Å². The van der Waals surface area contributed by atoms with Crippen molar-refractivity contribution in [1.29, 1.82) is 0 Å². The standard InChI is InChI=1S/C8H8ClNO/c1-5-6(2)10-3-7(4-11)8(5)9/h3-4H,1-2H3. The molecule has 0 aliphatic carbocycles. The van der Waals surface area contributed by atoms with Crippen molar-refractivity contribution in [3.05, 3.63) is 28.0 Å². The molecule has 0 unspecified atom stereocenters. The molecule has 0 aromatic carbocycles. The Morgan fingerprint density at radius 1 is 1.55 bits per heavy atom. The molecule has 0 saturated carbocycles. The number of aldehydes is 1. The van der Waals surface area contributed by atoms with Crippen LogP contribution < -0.4 is 0 Å². The van der Waals surface area contributed by atoms with Crippen LogP contribution in [0.2, 0.25) is 5.02 Å². The van der Waals surface area contributed by atoms with E-state index in [0.717, 1.165) is 11.3 Å². The summed E-state index contributed by atoms with van der Waals surface area (Å²) in [6.45, 7) is 3.70. The smallest absolute Gasteiger partial charge is 0.153 e. The Morgan fingerprint density at radius 3 is 2.73 bits per heavy atom. The van der Waals surface area contributed by atoms with Crippen LogP contribution in [0.25, 0.3) is 0 Å². The van der Waals surface area contributed by atoms with E-state index in [1.807, 2.05) is 13.8 Å². The lowest BCUT2D eigenvalue weighted by Crippen LogP contribution is -1.92. The summed E-state index contributed by atoms with van der Waals surface area (Å²) in [5.74, 6) is 0. The van der Waals surface area contributed by atoms with Gasteiger partial charge in [-0.05, 0) is 19.4 Å². The fourth-order valence-corrected chi connectivity index (χ4v) is 1.01. The average molecular weight is 170 g/mol. The Hall–Kier alpha value is -0.890. The minimum absolute atomic E-state index is 0.453.